The zero-order valence-electron chi connectivity index (χ0n) is 8.49. The van der Waals surface area contributed by atoms with Crippen molar-refractivity contribution in [3.63, 3.8) is 0 Å². The summed E-state index contributed by atoms with van der Waals surface area (Å²) < 4.78 is 10.3. The van der Waals surface area contributed by atoms with Gasteiger partial charge in [-0.25, -0.2) is 4.79 Å². The first-order valence-electron chi connectivity index (χ1n) is 4.71. The number of aromatic hydroxyl groups is 1. The van der Waals surface area contributed by atoms with E-state index in [4.69, 9.17) is 9.15 Å². The molecule has 0 aliphatic rings. The number of ether oxygens (including phenoxy) is 1. The molecule has 0 fully saturated rings. The van der Waals surface area contributed by atoms with E-state index in [1.807, 2.05) is 0 Å². The summed E-state index contributed by atoms with van der Waals surface area (Å²) in [6.45, 7) is 2.00. The number of furan rings is 1. The average Bonchev–Trinajstić information content (AvgIpc) is 2.71. The second-order valence-corrected chi connectivity index (χ2v) is 3.93. The lowest BCUT2D eigenvalue weighted by atomic mass is 10.1. The summed E-state index contributed by atoms with van der Waals surface area (Å²) in [5.41, 5.74) is 0.700. The molecule has 2 rings (SSSR count). The van der Waals surface area contributed by atoms with Crippen LogP contribution in [0.25, 0.3) is 11.0 Å². The summed E-state index contributed by atoms with van der Waals surface area (Å²) in [5.74, 6) is -0.516. The van der Waals surface area contributed by atoms with Gasteiger partial charge in [-0.1, -0.05) is 0 Å². The molecule has 0 unspecified atom stereocenters. The van der Waals surface area contributed by atoms with Crippen LogP contribution >= 0.6 is 15.9 Å². The van der Waals surface area contributed by atoms with Gasteiger partial charge in [-0.15, -0.1) is 0 Å². The highest BCUT2D eigenvalue weighted by atomic mass is 79.9. The van der Waals surface area contributed by atoms with Gasteiger partial charge in [-0.05, 0) is 35.0 Å². The molecule has 1 aromatic carbocycles. The van der Waals surface area contributed by atoms with E-state index in [2.05, 4.69) is 15.9 Å². The summed E-state index contributed by atoms with van der Waals surface area (Å²) in [6, 6.07) is 3.17. The van der Waals surface area contributed by atoms with Gasteiger partial charge in [-0.3, -0.25) is 0 Å². The van der Waals surface area contributed by atoms with Crippen LogP contribution in [0.3, 0.4) is 0 Å². The van der Waals surface area contributed by atoms with E-state index in [0.29, 0.717) is 15.4 Å². The van der Waals surface area contributed by atoms with Crippen molar-refractivity contribution >= 4 is 32.9 Å². The molecular formula is C11H9BrO4. The van der Waals surface area contributed by atoms with Gasteiger partial charge in [0.25, 0.3) is 0 Å². The van der Waals surface area contributed by atoms with E-state index in [1.54, 1.807) is 13.0 Å². The quantitative estimate of drug-likeness (QED) is 0.861. The van der Waals surface area contributed by atoms with Gasteiger partial charge in [-0.2, -0.15) is 0 Å². The third-order valence-corrected chi connectivity index (χ3v) is 2.97. The molecule has 1 N–H and O–H groups in total. The molecule has 1 aromatic heterocycles. The lowest BCUT2D eigenvalue weighted by Gasteiger charge is -2.06. The number of fused-ring (bicyclic) bond motifs is 1. The van der Waals surface area contributed by atoms with E-state index >= 15 is 0 Å². The van der Waals surface area contributed by atoms with Crippen LogP contribution in [0.4, 0.5) is 0 Å². The molecule has 4 nitrogen and oxygen atoms in total. The normalized spacial score (nSPS) is 10.6. The van der Waals surface area contributed by atoms with Crippen molar-refractivity contribution < 1.29 is 19.1 Å². The first-order valence-corrected chi connectivity index (χ1v) is 5.50. The lowest BCUT2D eigenvalue weighted by Crippen LogP contribution is -2.05. The van der Waals surface area contributed by atoms with Crippen molar-refractivity contribution in [2.24, 2.45) is 0 Å². The molecule has 16 heavy (non-hydrogen) atoms. The summed E-state index contributed by atoms with van der Waals surface area (Å²) in [5, 5.41) is 10.4. The Balaban J connectivity index is 2.61. The van der Waals surface area contributed by atoms with Crippen LogP contribution in [0.2, 0.25) is 0 Å². The molecule has 0 radical (unpaired) electrons. The number of benzene rings is 1. The number of rotatable bonds is 2. The Morgan fingerprint density at radius 1 is 1.62 bits per heavy atom. The molecule has 84 valence electrons. The fourth-order valence-electron chi connectivity index (χ4n) is 1.43. The first-order chi connectivity index (χ1) is 7.65. The van der Waals surface area contributed by atoms with E-state index in [9.17, 15) is 9.90 Å². The maximum Gasteiger partial charge on any atom is 0.339 e. The van der Waals surface area contributed by atoms with Gasteiger partial charge in [0.15, 0.2) is 0 Å². The fourth-order valence-corrected chi connectivity index (χ4v) is 1.92. The Bertz CT molecular complexity index is 544. The summed E-state index contributed by atoms with van der Waals surface area (Å²) in [6.07, 6.45) is 1.45. The smallest absolute Gasteiger partial charge is 0.339 e. The second-order valence-electron chi connectivity index (χ2n) is 3.14. The van der Waals surface area contributed by atoms with Gasteiger partial charge in [0.1, 0.15) is 11.3 Å². The Hall–Kier alpha value is -1.49. The molecule has 0 saturated heterocycles. The zero-order valence-corrected chi connectivity index (χ0v) is 10.1. The summed E-state index contributed by atoms with van der Waals surface area (Å²) >= 11 is 3.16. The van der Waals surface area contributed by atoms with Crippen LogP contribution < -0.4 is 0 Å². The largest absolute Gasteiger partial charge is 0.506 e. The third-order valence-electron chi connectivity index (χ3n) is 2.17. The number of carbonyl (C=O) groups excluding carboxylic acids is 1. The standard InChI is InChI=1S/C11H9BrO4/c1-2-15-11(14)7-5-8-6(3-4-16-8)10(13)9(7)12/h3-5,13H,2H2,1H3. The maximum atomic E-state index is 11.6. The highest BCUT2D eigenvalue weighted by Crippen LogP contribution is 2.36. The topological polar surface area (TPSA) is 59.7 Å². The minimum atomic E-state index is -0.497. The van der Waals surface area contributed by atoms with Crippen LogP contribution in [0.15, 0.2) is 27.3 Å². The molecule has 0 bridgehead atoms. The van der Waals surface area contributed by atoms with Crippen LogP contribution in [-0.4, -0.2) is 17.7 Å². The molecule has 0 amide bonds. The van der Waals surface area contributed by atoms with Crippen molar-refractivity contribution in [3.05, 3.63) is 28.4 Å². The monoisotopic (exact) mass is 284 g/mol. The predicted molar refractivity (Wildman–Crippen MR) is 61.5 cm³/mol. The van der Waals surface area contributed by atoms with Crippen LogP contribution in [0.1, 0.15) is 17.3 Å². The van der Waals surface area contributed by atoms with E-state index in [0.717, 1.165) is 0 Å². The number of phenolic OH excluding ortho intramolecular Hbond substituents is 1. The van der Waals surface area contributed by atoms with Gasteiger partial charge in [0.2, 0.25) is 0 Å². The van der Waals surface area contributed by atoms with Crippen molar-refractivity contribution in [2.45, 2.75) is 6.92 Å². The van der Waals surface area contributed by atoms with Crippen molar-refractivity contribution in [1.82, 2.24) is 0 Å². The van der Waals surface area contributed by atoms with Crippen molar-refractivity contribution in [2.75, 3.05) is 6.61 Å². The minimum Gasteiger partial charge on any atom is -0.506 e. The van der Waals surface area contributed by atoms with Crippen LogP contribution in [-0.2, 0) is 4.74 Å². The molecule has 0 aliphatic heterocycles. The van der Waals surface area contributed by atoms with Gasteiger partial charge in [0.05, 0.1) is 28.3 Å². The molecule has 2 aromatic rings. The van der Waals surface area contributed by atoms with E-state index in [-0.39, 0.29) is 17.9 Å². The maximum absolute atomic E-state index is 11.6. The number of hydrogen-bond acceptors (Lipinski definition) is 4. The predicted octanol–water partition coefficient (Wildman–Crippen LogP) is 3.08. The number of carbonyl (C=O) groups is 1. The van der Waals surface area contributed by atoms with E-state index < -0.39 is 5.97 Å². The first kappa shape index (κ1) is 11.0. The van der Waals surface area contributed by atoms with Gasteiger partial charge in [0, 0.05) is 0 Å². The van der Waals surface area contributed by atoms with Gasteiger partial charge < -0.3 is 14.3 Å². The Morgan fingerprint density at radius 2 is 2.38 bits per heavy atom. The Kier molecular flexibility index (Phi) is 2.87. The highest BCUT2D eigenvalue weighted by molar-refractivity contribution is 9.10. The fraction of sp³-hybridized carbons (Fsp3) is 0.182. The SMILES string of the molecule is CCOC(=O)c1cc2occc2c(O)c1Br. The average molecular weight is 285 g/mol. The molecular weight excluding hydrogens is 276 g/mol. The number of esters is 1. The molecule has 5 heteroatoms. The number of hydrogen-bond donors (Lipinski definition) is 1. The summed E-state index contributed by atoms with van der Waals surface area (Å²) in [7, 11) is 0. The molecule has 0 atom stereocenters. The number of halogens is 1. The second kappa shape index (κ2) is 4.17. The molecule has 0 spiro atoms. The molecule has 0 saturated carbocycles. The minimum absolute atomic E-state index is 0.0192. The van der Waals surface area contributed by atoms with E-state index in [1.165, 1.54) is 12.3 Å². The summed E-state index contributed by atoms with van der Waals surface area (Å²) in [4.78, 5) is 11.6. The van der Waals surface area contributed by atoms with Crippen LogP contribution in [0.5, 0.6) is 5.75 Å². The lowest BCUT2D eigenvalue weighted by molar-refractivity contribution is 0.0525. The van der Waals surface area contributed by atoms with Crippen molar-refractivity contribution in [3.8, 4) is 5.75 Å². The third kappa shape index (κ3) is 1.67. The molecule has 1 heterocycles. The number of phenols is 1. The Morgan fingerprint density at radius 3 is 3.06 bits per heavy atom. The Labute approximate surface area is 99.9 Å². The molecule has 0 aliphatic carbocycles. The zero-order chi connectivity index (χ0) is 11.7. The van der Waals surface area contributed by atoms with Gasteiger partial charge >= 0.3 is 5.97 Å². The van der Waals surface area contributed by atoms with Crippen molar-refractivity contribution in [1.29, 1.82) is 0 Å². The highest BCUT2D eigenvalue weighted by Gasteiger charge is 2.18. The van der Waals surface area contributed by atoms with Crippen LogP contribution in [0, 0.1) is 0 Å².